The first-order valence-electron chi connectivity index (χ1n) is 8.29. The third kappa shape index (κ3) is 2.51. The molecule has 0 amide bonds. The average Bonchev–Trinajstić information content (AvgIpc) is 2.99. The number of hydrogen-bond acceptors (Lipinski definition) is 4. The molecule has 2 aromatic heterocycles. The molecule has 4 rings (SSSR count). The molecule has 0 saturated carbocycles. The van der Waals surface area contributed by atoms with E-state index in [1.165, 1.54) is 0 Å². The van der Waals surface area contributed by atoms with Gasteiger partial charge in [-0.15, -0.1) is 0 Å². The molecule has 0 unspecified atom stereocenters. The summed E-state index contributed by atoms with van der Waals surface area (Å²) in [6, 6.07) is 9.36. The molecule has 1 aliphatic rings. The second-order valence-corrected chi connectivity index (χ2v) is 7.34. The van der Waals surface area contributed by atoms with Crippen molar-refractivity contribution in [1.29, 1.82) is 0 Å². The van der Waals surface area contributed by atoms with Crippen molar-refractivity contribution in [2.45, 2.75) is 38.9 Å². The van der Waals surface area contributed by atoms with Crippen molar-refractivity contribution >= 4 is 23.6 Å². The van der Waals surface area contributed by atoms with Crippen LogP contribution in [0.15, 0.2) is 47.5 Å². The molecule has 0 bridgehead atoms. The van der Waals surface area contributed by atoms with Gasteiger partial charge in [0.25, 0.3) is 0 Å². The summed E-state index contributed by atoms with van der Waals surface area (Å²) in [7, 11) is -0.467. The van der Waals surface area contributed by atoms with Crippen LogP contribution in [0.25, 0.3) is 16.7 Å². The lowest BCUT2D eigenvalue weighted by molar-refractivity contribution is 0.00578. The Morgan fingerprint density at radius 2 is 1.68 bits per heavy atom. The number of nitrogens with zero attached hydrogens (tertiary/aromatic N) is 2. The molecule has 1 fully saturated rings. The van der Waals surface area contributed by atoms with E-state index in [1.54, 1.807) is 29.1 Å². The van der Waals surface area contributed by atoms with Crippen LogP contribution in [-0.4, -0.2) is 32.9 Å². The Morgan fingerprint density at radius 3 is 2.32 bits per heavy atom. The van der Waals surface area contributed by atoms with Crippen LogP contribution in [0, 0.1) is 0 Å². The van der Waals surface area contributed by atoms with Gasteiger partial charge in [-0.05, 0) is 57.4 Å². The van der Waals surface area contributed by atoms with Crippen molar-refractivity contribution in [3.8, 4) is 5.69 Å². The minimum atomic E-state index is -0.467. The first-order chi connectivity index (χ1) is 11.8. The highest BCUT2D eigenvalue weighted by Gasteiger charge is 2.51. The van der Waals surface area contributed by atoms with Crippen LogP contribution in [0.3, 0.4) is 0 Å². The zero-order valence-electron chi connectivity index (χ0n) is 14.7. The van der Waals surface area contributed by atoms with Gasteiger partial charge in [0.1, 0.15) is 0 Å². The maximum Gasteiger partial charge on any atom is 0.494 e. The predicted molar refractivity (Wildman–Crippen MR) is 97.4 cm³/mol. The van der Waals surface area contributed by atoms with Crippen LogP contribution < -0.4 is 11.2 Å². The molecule has 3 aromatic rings. The monoisotopic (exact) mass is 337 g/mol. The number of nitrogens with one attached hydrogen (secondary N) is 1. The fraction of sp³-hybridized carbons (Fsp3) is 0.333. The second kappa shape index (κ2) is 5.31. The Labute approximate surface area is 145 Å². The number of rotatable bonds is 2. The molecule has 128 valence electrons. The van der Waals surface area contributed by atoms with E-state index in [4.69, 9.17) is 9.31 Å². The minimum Gasteiger partial charge on any atom is -0.399 e. The van der Waals surface area contributed by atoms with Gasteiger partial charge in [0.2, 0.25) is 0 Å². The number of aromatic amines is 1. The van der Waals surface area contributed by atoms with Crippen molar-refractivity contribution < 1.29 is 9.31 Å². The lowest BCUT2D eigenvalue weighted by atomic mass is 9.79. The van der Waals surface area contributed by atoms with E-state index in [2.05, 4.69) is 9.97 Å². The Bertz CT molecular complexity index is 976. The van der Waals surface area contributed by atoms with E-state index in [1.807, 2.05) is 45.9 Å². The first kappa shape index (κ1) is 16.1. The predicted octanol–water partition coefficient (Wildman–Crippen LogP) is 2.01. The van der Waals surface area contributed by atoms with Gasteiger partial charge in [0.05, 0.1) is 27.9 Å². The molecular formula is C18H20BN3O3. The maximum atomic E-state index is 12.4. The molecule has 1 aliphatic heterocycles. The zero-order chi connectivity index (χ0) is 17.8. The van der Waals surface area contributed by atoms with E-state index in [-0.39, 0.29) is 5.69 Å². The lowest BCUT2D eigenvalue weighted by Gasteiger charge is -2.32. The molecule has 7 heteroatoms. The van der Waals surface area contributed by atoms with Gasteiger partial charge < -0.3 is 14.3 Å². The van der Waals surface area contributed by atoms with Crippen molar-refractivity contribution in [2.24, 2.45) is 0 Å². The Morgan fingerprint density at radius 1 is 1.04 bits per heavy atom. The van der Waals surface area contributed by atoms with Gasteiger partial charge in [-0.25, -0.2) is 4.79 Å². The van der Waals surface area contributed by atoms with Gasteiger partial charge in [0.15, 0.2) is 0 Å². The molecule has 1 N–H and O–H groups in total. The van der Waals surface area contributed by atoms with Crippen LogP contribution in [0.4, 0.5) is 0 Å². The first-order valence-corrected chi connectivity index (χ1v) is 8.29. The molecule has 1 aromatic carbocycles. The fourth-order valence-electron chi connectivity index (χ4n) is 3.00. The van der Waals surface area contributed by atoms with Crippen LogP contribution in [0.5, 0.6) is 0 Å². The lowest BCUT2D eigenvalue weighted by Crippen LogP contribution is -2.41. The van der Waals surface area contributed by atoms with Crippen LogP contribution in [-0.2, 0) is 9.31 Å². The van der Waals surface area contributed by atoms with E-state index in [9.17, 15) is 4.79 Å². The van der Waals surface area contributed by atoms with Gasteiger partial charge in [-0.1, -0.05) is 6.07 Å². The third-order valence-corrected chi connectivity index (χ3v) is 5.15. The smallest absolute Gasteiger partial charge is 0.399 e. The number of aromatic nitrogens is 3. The highest BCUT2D eigenvalue weighted by Crippen LogP contribution is 2.36. The summed E-state index contributed by atoms with van der Waals surface area (Å²) in [6.07, 6.45) is 3.33. The number of pyridine rings is 1. The van der Waals surface area contributed by atoms with Gasteiger partial charge >= 0.3 is 12.8 Å². The van der Waals surface area contributed by atoms with Crippen molar-refractivity contribution in [1.82, 2.24) is 14.5 Å². The molecule has 1 saturated heterocycles. The van der Waals surface area contributed by atoms with Crippen LogP contribution in [0.2, 0.25) is 0 Å². The summed E-state index contributed by atoms with van der Waals surface area (Å²) in [5, 5.41) is 0. The molecule has 0 radical (unpaired) electrons. The minimum absolute atomic E-state index is 0.188. The summed E-state index contributed by atoms with van der Waals surface area (Å²) >= 11 is 0. The van der Waals surface area contributed by atoms with Crippen molar-refractivity contribution in [2.75, 3.05) is 0 Å². The zero-order valence-corrected chi connectivity index (χ0v) is 14.7. The van der Waals surface area contributed by atoms with Crippen molar-refractivity contribution in [3.63, 3.8) is 0 Å². The van der Waals surface area contributed by atoms with Crippen LogP contribution >= 0.6 is 0 Å². The highest BCUT2D eigenvalue weighted by atomic mass is 16.7. The maximum absolute atomic E-state index is 12.4. The molecular weight excluding hydrogens is 317 g/mol. The van der Waals surface area contributed by atoms with E-state index in [0.29, 0.717) is 0 Å². The number of benzene rings is 1. The number of fused-ring (bicyclic) bond motifs is 1. The summed E-state index contributed by atoms with van der Waals surface area (Å²) < 4.78 is 13.9. The van der Waals surface area contributed by atoms with Gasteiger partial charge in [0, 0.05) is 12.4 Å². The fourth-order valence-corrected chi connectivity index (χ4v) is 3.00. The normalized spacial score (nSPS) is 18.8. The molecule has 25 heavy (non-hydrogen) atoms. The second-order valence-electron chi connectivity index (χ2n) is 7.34. The van der Waals surface area contributed by atoms with Gasteiger partial charge in [-0.2, -0.15) is 0 Å². The topological polar surface area (TPSA) is 69.1 Å². The van der Waals surface area contributed by atoms with Crippen molar-refractivity contribution in [3.05, 3.63) is 53.2 Å². The molecule has 0 aliphatic carbocycles. The van der Waals surface area contributed by atoms with Gasteiger partial charge in [-0.3, -0.25) is 9.55 Å². The summed E-state index contributed by atoms with van der Waals surface area (Å²) in [4.78, 5) is 19.3. The standard InChI is InChI=1S/C18H20BN3O3/c1-17(2)18(3,4)25-19(24-17)12-5-6-14-15(11-12)22(16(23)21-14)13-7-9-20-10-8-13/h5-11H,1-4H3,(H,21,23). The summed E-state index contributed by atoms with van der Waals surface area (Å²) in [6.45, 7) is 8.09. The molecule has 6 nitrogen and oxygen atoms in total. The Kier molecular flexibility index (Phi) is 3.42. The molecule has 0 atom stereocenters. The van der Waals surface area contributed by atoms with E-state index in [0.717, 1.165) is 22.2 Å². The Balaban J connectivity index is 1.83. The largest absolute Gasteiger partial charge is 0.494 e. The molecule has 3 heterocycles. The average molecular weight is 337 g/mol. The van der Waals surface area contributed by atoms with E-state index >= 15 is 0 Å². The summed E-state index contributed by atoms with van der Waals surface area (Å²) in [5.74, 6) is 0. The number of hydrogen-bond donors (Lipinski definition) is 1. The van der Waals surface area contributed by atoms with Crippen LogP contribution in [0.1, 0.15) is 27.7 Å². The number of imidazole rings is 1. The number of H-pyrrole nitrogens is 1. The SMILES string of the molecule is CC1(C)OB(c2ccc3[nH]c(=O)n(-c4ccncc4)c3c2)OC1(C)C. The molecule has 0 spiro atoms. The quantitative estimate of drug-likeness (QED) is 0.727. The third-order valence-electron chi connectivity index (χ3n) is 5.15. The van der Waals surface area contributed by atoms with E-state index < -0.39 is 18.3 Å². The Hall–Kier alpha value is -2.38. The summed E-state index contributed by atoms with van der Waals surface area (Å²) in [5.41, 5.74) is 2.19. The highest BCUT2D eigenvalue weighted by molar-refractivity contribution is 6.62.